The highest BCUT2D eigenvalue weighted by Crippen LogP contribution is 2.48. The molecule has 0 N–H and O–H groups in total. The lowest BCUT2D eigenvalue weighted by atomic mass is 9.61. The molecule has 1 aromatic rings. The normalized spacial score (nSPS) is 20.1. The first kappa shape index (κ1) is 25.8. The first-order chi connectivity index (χ1) is 14.7. The van der Waals surface area contributed by atoms with Gasteiger partial charge in [-0.2, -0.15) is 0 Å². The maximum absolute atomic E-state index is 14.4. The molecule has 0 bridgehead atoms. The van der Waals surface area contributed by atoms with Gasteiger partial charge in [0.15, 0.2) is 0 Å². The molecule has 0 heterocycles. The molecule has 0 saturated heterocycles. The molecule has 0 aromatic heterocycles. The number of allylic oxidation sites excluding steroid dienone is 10. The molecule has 2 unspecified atom stereocenters. The highest BCUT2D eigenvalue weighted by Gasteiger charge is 2.39. The minimum Gasteiger partial charge on any atom is -0.240 e. The number of rotatable bonds is 8. The summed E-state index contributed by atoms with van der Waals surface area (Å²) < 4.78 is 14.4. The summed E-state index contributed by atoms with van der Waals surface area (Å²) in [5.41, 5.74) is 8.85. The van der Waals surface area contributed by atoms with Crippen molar-refractivity contribution in [3.8, 4) is 0 Å². The van der Waals surface area contributed by atoms with Crippen LogP contribution in [-0.2, 0) is 5.41 Å². The van der Waals surface area contributed by atoms with Gasteiger partial charge in [0.1, 0.15) is 5.67 Å². The number of hydrogen-bond donors (Lipinski definition) is 0. The molecule has 0 spiro atoms. The van der Waals surface area contributed by atoms with E-state index in [9.17, 15) is 4.39 Å². The second-order valence-corrected chi connectivity index (χ2v) is 10.1. The molecule has 172 valence electrons. The first-order valence-electron chi connectivity index (χ1n) is 11.6. The fourth-order valence-corrected chi connectivity index (χ4v) is 4.38. The van der Waals surface area contributed by atoms with Crippen molar-refractivity contribution in [2.24, 2.45) is 5.92 Å². The first-order valence-corrected chi connectivity index (χ1v) is 11.6. The minimum absolute atomic E-state index is 0.323. The molecule has 0 radical (unpaired) electrons. The Morgan fingerprint density at radius 1 is 1.09 bits per heavy atom. The van der Waals surface area contributed by atoms with Crippen molar-refractivity contribution in [2.75, 3.05) is 0 Å². The van der Waals surface area contributed by atoms with E-state index in [4.69, 9.17) is 0 Å². The van der Waals surface area contributed by atoms with Gasteiger partial charge in [-0.3, -0.25) is 0 Å². The van der Waals surface area contributed by atoms with Crippen molar-refractivity contribution < 1.29 is 4.39 Å². The Kier molecular flexibility index (Phi) is 7.76. The van der Waals surface area contributed by atoms with Gasteiger partial charge in [-0.15, -0.1) is 0 Å². The zero-order valence-corrected chi connectivity index (χ0v) is 21.6. The summed E-state index contributed by atoms with van der Waals surface area (Å²) in [6.07, 6.45) is 9.33. The predicted molar refractivity (Wildman–Crippen MR) is 141 cm³/mol. The number of alkyl halides is 1. The van der Waals surface area contributed by atoms with Crippen molar-refractivity contribution >= 4 is 5.57 Å². The second kappa shape index (κ2) is 9.61. The largest absolute Gasteiger partial charge is 0.240 e. The summed E-state index contributed by atoms with van der Waals surface area (Å²) in [6, 6.07) is 6.78. The van der Waals surface area contributed by atoms with Gasteiger partial charge in [0.25, 0.3) is 0 Å². The van der Waals surface area contributed by atoms with E-state index in [0.29, 0.717) is 11.5 Å². The summed E-state index contributed by atoms with van der Waals surface area (Å²) in [5.74, 6) is 0.504. The monoisotopic (exact) mass is 432 g/mol. The van der Waals surface area contributed by atoms with E-state index in [-0.39, 0.29) is 5.41 Å². The van der Waals surface area contributed by atoms with E-state index in [1.807, 2.05) is 19.1 Å². The van der Waals surface area contributed by atoms with Crippen LogP contribution in [0.4, 0.5) is 4.39 Å². The van der Waals surface area contributed by atoms with Crippen LogP contribution in [-0.4, -0.2) is 5.67 Å². The van der Waals surface area contributed by atoms with Crippen LogP contribution in [0, 0.1) is 12.8 Å². The average molecular weight is 433 g/mol. The Labute approximate surface area is 196 Å². The van der Waals surface area contributed by atoms with E-state index in [0.717, 1.165) is 17.6 Å². The van der Waals surface area contributed by atoms with Gasteiger partial charge in [0.2, 0.25) is 0 Å². The smallest absolute Gasteiger partial charge is 0.126 e. The SMILES string of the molecule is C=C/C(=C\C=C(/C)C(C)(C)F)C(C)(C1=CCC1C)c1ccc(C)c(/C(C)=C(/C)C(=C)C)c1. The molecule has 0 nitrogen and oxygen atoms in total. The standard InChI is InChI=1S/C31H41F/c1-12-26(17-15-23(6)30(9,10)32)31(11,29-18-14-22(29)5)27-16-13-21(4)28(19-27)25(8)24(7)20(2)3/h12-13,15-19,22H,1-2,14H2,3-11H3/b23-15+,25-24-,26-17+. The predicted octanol–water partition coefficient (Wildman–Crippen LogP) is 9.40. The van der Waals surface area contributed by atoms with Crippen LogP contribution < -0.4 is 0 Å². The van der Waals surface area contributed by atoms with Crippen LogP contribution in [0.3, 0.4) is 0 Å². The van der Waals surface area contributed by atoms with E-state index in [1.54, 1.807) is 13.8 Å². The van der Waals surface area contributed by atoms with E-state index >= 15 is 0 Å². The molecule has 0 saturated carbocycles. The van der Waals surface area contributed by atoms with Crippen molar-refractivity contribution in [2.45, 2.75) is 79.8 Å². The van der Waals surface area contributed by atoms with Gasteiger partial charge < -0.3 is 0 Å². The lowest BCUT2D eigenvalue weighted by Crippen LogP contribution is -2.33. The maximum atomic E-state index is 14.4. The summed E-state index contributed by atoms with van der Waals surface area (Å²) in [4.78, 5) is 0. The molecule has 2 atom stereocenters. The Morgan fingerprint density at radius 2 is 1.72 bits per heavy atom. The van der Waals surface area contributed by atoms with Crippen molar-refractivity contribution in [1.29, 1.82) is 0 Å². The van der Waals surface area contributed by atoms with Gasteiger partial charge >= 0.3 is 0 Å². The lowest BCUT2D eigenvalue weighted by molar-refractivity contribution is 0.268. The Bertz CT molecular complexity index is 1030. The van der Waals surface area contributed by atoms with Crippen LogP contribution in [0.5, 0.6) is 0 Å². The quantitative estimate of drug-likeness (QED) is 0.283. The molecule has 1 aliphatic rings. The zero-order chi connectivity index (χ0) is 24.4. The third kappa shape index (κ3) is 4.98. The highest BCUT2D eigenvalue weighted by atomic mass is 19.1. The average Bonchev–Trinajstić information content (AvgIpc) is 2.71. The number of hydrogen-bond acceptors (Lipinski definition) is 0. The van der Waals surface area contributed by atoms with Crippen LogP contribution >= 0.6 is 0 Å². The topological polar surface area (TPSA) is 0 Å². The molecular weight excluding hydrogens is 391 g/mol. The van der Waals surface area contributed by atoms with Crippen molar-refractivity contribution in [1.82, 2.24) is 0 Å². The number of benzene rings is 1. The van der Waals surface area contributed by atoms with Crippen LogP contribution in [0.2, 0.25) is 0 Å². The molecule has 1 aliphatic carbocycles. The number of aryl methyl sites for hydroxylation is 1. The van der Waals surface area contributed by atoms with Crippen molar-refractivity contribution in [3.05, 3.63) is 100 Å². The van der Waals surface area contributed by atoms with Gasteiger partial charge in [-0.25, -0.2) is 4.39 Å². The highest BCUT2D eigenvalue weighted by molar-refractivity contribution is 5.73. The summed E-state index contributed by atoms with van der Waals surface area (Å²) in [7, 11) is 0. The third-order valence-corrected chi connectivity index (χ3v) is 7.47. The van der Waals surface area contributed by atoms with Crippen molar-refractivity contribution in [3.63, 3.8) is 0 Å². The molecule has 32 heavy (non-hydrogen) atoms. The molecule has 0 fully saturated rings. The molecule has 1 aromatic carbocycles. The molecule has 0 amide bonds. The third-order valence-electron chi connectivity index (χ3n) is 7.47. The Hall–Kier alpha value is -2.41. The Balaban J connectivity index is 2.77. The van der Waals surface area contributed by atoms with Gasteiger partial charge in [0.05, 0.1) is 0 Å². The molecule has 1 heteroatoms. The fraction of sp³-hybridized carbons (Fsp3) is 0.419. The minimum atomic E-state index is -1.35. The van der Waals surface area contributed by atoms with Crippen LogP contribution in [0.25, 0.3) is 5.57 Å². The molecule has 2 rings (SSSR count). The summed E-state index contributed by atoms with van der Waals surface area (Å²) in [5, 5.41) is 0. The van der Waals surface area contributed by atoms with Gasteiger partial charge in [0, 0.05) is 5.41 Å². The molecule has 0 aliphatic heterocycles. The Morgan fingerprint density at radius 3 is 2.16 bits per heavy atom. The summed E-state index contributed by atoms with van der Waals surface area (Å²) >= 11 is 0. The van der Waals surface area contributed by atoms with Crippen LogP contribution in [0.1, 0.15) is 78.5 Å². The number of halogens is 1. The second-order valence-electron chi connectivity index (χ2n) is 10.1. The lowest BCUT2D eigenvalue weighted by Gasteiger charge is -2.42. The fourth-order valence-electron chi connectivity index (χ4n) is 4.38. The summed E-state index contributed by atoms with van der Waals surface area (Å²) in [6.45, 7) is 26.4. The van der Waals surface area contributed by atoms with Gasteiger partial charge in [-0.05, 0) is 113 Å². The van der Waals surface area contributed by atoms with E-state index < -0.39 is 5.67 Å². The maximum Gasteiger partial charge on any atom is 0.126 e. The van der Waals surface area contributed by atoms with Crippen LogP contribution in [0.15, 0.2) is 83.5 Å². The van der Waals surface area contributed by atoms with Gasteiger partial charge in [-0.1, -0.05) is 67.7 Å². The van der Waals surface area contributed by atoms with E-state index in [1.165, 1.54) is 33.4 Å². The molecular formula is C31H41F. The zero-order valence-electron chi connectivity index (χ0n) is 21.6. The van der Waals surface area contributed by atoms with E-state index in [2.05, 4.69) is 85.1 Å².